The van der Waals surface area contributed by atoms with Crippen molar-refractivity contribution in [3.8, 4) is 16.4 Å². The number of hydrogen-bond acceptors (Lipinski definition) is 6. The molecule has 1 amide bonds. The van der Waals surface area contributed by atoms with Crippen LogP contribution in [-0.4, -0.2) is 30.8 Å². The summed E-state index contributed by atoms with van der Waals surface area (Å²) in [7, 11) is 0. The molecule has 7 nitrogen and oxygen atoms in total. The fourth-order valence-corrected chi connectivity index (χ4v) is 3.87. The van der Waals surface area contributed by atoms with E-state index in [4.69, 9.17) is 0 Å². The molecular formula is C22H20FN5O2S. The summed E-state index contributed by atoms with van der Waals surface area (Å²) in [6, 6.07) is 13.2. The van der Waals surface area contributed by atoms with Crippen molar-refractivity contribution in [1.29, 1.82) is 0 Å². The molecule has 4 aromatic rings. The van der Waals surface area contributed by atoms with E-state index in [2.05, 4.69) is 20.4 Å². The number of rotatable bonds is 6. The Bertz CT molecular complexity index is 1220. The first-order chi connectivity index (χ1) is 14.9. The quantitative estimate of drug-likeness (QED) is 0.478. The van der Waals surface area contributed by atoms with Gasteiger partial charge in [-0.15, -0.1) is 16.4 Å². The number of aryl methyl sites for hydroxylation is 1. The number of thiophene rings is 1. The van der Waals surface area contributed by atoms with Crippen LogP contribution in [0.25, 0.3) is 16.4 Å². The number of nitrogens with zero attached hydrogens (tertiary/aromatic N) is 4. The Hall–Kier alpha value is -3.43. The van der Waals surface area contributed by atoms with Crippen LogP contribution in [-0.2, 0) is 6.54 Å². The van der Waals surface area contributed by atoms with Gasteiger partial charge >= 0.3 is 0 Å². The summed E-state index contributed by atoms with van der Waals surface area (Å²) in [5.41, 5.74) is 2.57. The first kappa shape index (κ1) is 20.8. The van der Waals surface area contributed by atoms with Gasteiger partial charge in [0.25, 0.3) is 5.91 Å². The highest BCUT2D eigenvalue weighted by Gasteiger charge is 2.20. The summed E-state index contributed by atoms with van der Waals surface area (Å²) in [5.74, 6) is -0.434. The van der Waals surface area contributed by atoms with Crippen molar-refractivity contribution >= 4 is 17.2 Å². The molecule has 0 aliphatic carbocycles. The van der Waals surface area contributed by atoms with E-state index < -0.39 is 17.8 Å². The number of benzene rings is 1. The van der Waals surface area contributed by atoms with Gasteiger partial charge in [0.1, 0.15) is 5.82 Å². The van der Waals surface area contributed by atoms with E-state index in [1.807, 2.05) is 24.4 Å². The monoisotopic (exact) mass is 437 g/mol. The van der Waals surface area contributed by atoms with Crippen molar-refractivity contribution in [2.45, 2.75) is 26.5 Å². The van der Waals surface area contributed by atoms with Crippen LogP contribution in [0.1, 0.15) is 40.6 Å². The van der Waals surface area contributed by atoms with Crippen LogP contribution in [0.4, 0.5) is 4.39 Å². The molecule has 4 rings (SSSR count). The number of aliphatic hydroxyl groups excluding tert-OH is 1. The highest BCUT2D eigenvalue weighted by molar-refractivity contribution is 7.13. The molecule has 1 atom stereocenters. The molecule has 0 bridgehead atoms. The van der Waals surface area contributed by atoms with Gasteiger partial charge in [-0.1, -0.05) is 18.2 Å². The van der Waals surface area contributed by atoms with Crippen LogP contribution >= 0.6 is 11.3 Å². The fourth-order valence-electron chi connectivity index (χ4n) is 3.18. The Morgan fingerprint density at radius 2 is 2.06 bits per heavy atom. The van der Waals surface area contributed by atoms with E-state index in [-0.39, 0.29) is 12.4 Å². The molecule has 0 saturated heterocycles. The average molecular weight is 438 g/mol. The highest BCUT2D eigenvalue weighted by Crippen LogP contribution is 2.26. The Morgan fingerprint density at radius 3 is 2.74 bits per heavy atom. The highest BCUT2D eigenvalue weighted by atomic mass is 32.1. The summed E-state index contributed by atoms with van der Waals surface area (Å²) >= 11 is 1.45. The number of pyridine rings is 1. The minimum Gasteiger partial charge on any atom is -0.389 e. The summed E-state index contributed by atoms with van der Waals surface area (Å²) in [5, 5.41) is 18.7. The third-order valence-corrected chi connectivity index (χ3v) is 5.53. The van der Waals surface area contributed by atoms with Crippen molar-refractivity contribution < 1.29 is 14.3 Å². The van der Waals surface area contributed by atoms with Crippen LogP contribution in [0.3, 0.4) is 0 Å². The van der Waals surface area contributed by atoms with E-state index >= 15 is 0 Å². The van der Waals surface area contributed by atoms with E-state index in [1.165, 1.54) is 28.2 Å². The third-order valence-electron chi connectivity index (χ3n) is 4.67. The zero-order valence-electron chi connectivity index (χ0n) is 16.9. The smallest absolute Gasteiger partial charge is 0.291 e. The number of nitrogens with one attached hydrogen (secondary N) is 1. The first-order valence-electron chi connectivity index (χ1n) is 9.62. The van der Waals surface area contributed by atoms with Crippen molar-refractivity contribution in [3.63, 3.8) is 0 Å². The lowest BCUT2D eigenvalue weighted by molar-refractivity contribution is 0.0940. The lowest BCUT2D eigenvalue weighted by Crippen LogP contribution is -2.25. The van der Waals surface area contributed by atoms with E-state index in [0.717, 1.165) is 10.4 Å². The minimum atomic E-state index is -0.609. The maximum atomic E-state index is 13.8. The zero-order valence-corrected chi connectivity index (χ0v) is 17.7. The molecule has 0 aliphatic heterocycles. The number of carbonyl (C=O) groups excluding carboxylic acids is 1. The number of halogens is 1. The minimum absolute atomic E-state index is 0.0232. The standard InChI is InChI=1S/C22H20FN5O2S/c1-13-18(14(2)29)9-8-16(25-13)12-24-22(30)20-26-21(19-7-4-10-31-19)28(27-20)17-6-3-5-15(23)11-17/h3-11,14,29H,12H2,1-2H3,(H,24,30)/t14-/m1/s1. The second kappa shape index (κ2) is 8.75. The van der Waals surface area contributed by atoms with Gasteiger partial charge in [0.15, 0.2) is 5.82 Å². The van der Waals surface area contributed by atoms with Crippen molar-refractivity contribution in [2.75, 3.05) is 0 Å². The van der Waals surface area contributed by atoms with Gasteiger partial charge in [-0.2, -0.15) is 0 Å². The van der Waals surface area contributed by atoms with Crippen molar-refractivity contribution in [2.24, 2.45) is 0 Å². The molecule has 31 heavy (non-hydrogen) atoms. The predicted octanol–water partition coefficient (Wildman–Crippen LogP) is 3.82. The van der Waals surface area contributed by atoms with Crippen LogP contribution < -0.4 is 5.32 Å². The zero-order chi connectivity index (χ0) is 22.0. The second-order valence-corrected chi connectivity index (χ2v) is 7.91. The number of aliphatic hydroxyl groups is 1. The number of aromatic nitrogens is 4. The Kier molecular flexibility index (Phi) is 5.88. The summed E-state index contributed by atoms with van der Waals surface area (Å²) < 4.78 is 15.2. The largest absolute Gasteiger partial charge is 0.389 e. The molecule has 158 valence electrons. The number of amides is 1. The van der Waals surface area contributed by atoms with Gasteiger partial charge in [-0.05, 0) is 49.6 Å². The lowest BCUT2D eigenvalue weighted by atomic mass is 10.1. The predicted molar refractivity (Wildman–Crippen MR) is 115 cm³/mol. The number of hydrogen-bond donors (Lipinski definition) is 2. The molecule has 9 heteroatoms. The maximum absolute atomic E-state index is 13.8. The van der Waals surface area contributed by atoms with Crippen LogP contribution in [0, 0.1) is 12.7 Å². The average Bonchev–Trinajstić information content (AvgIpc) is 3.41. The van der Waals surface area contributed by atoms with Crippen LogP contribution in [0.5, 0.6) is 0 Å². The Balaban J connectivity index is 1.59. The molecule has 1 aromatic carbocycles. The molecule has 2 N–H and O–H groups in total. The van der Waals surface area contributed by atoms with Gasteiger partial charge in [0.2, 0.25) is 5.82 Å². The summed E-state index contributed by atoms with van der Waals surface area (Å²) in [4.78, 5) is 22.4. The third kappa shape index (κ3) is 4.52. The van der Waals surface area contributed by atoms with Gasteiger partial charge in [0, 0.05) is 11.3 Å². The van der Waals surface area contributed by atoms with Gasteiger partial charge in [-0.25, -0.2) is 14.1 Å². The first-order valence-corrected chi connectivity index (χ1v) is 10.5. The molecule has 0 radical (unpaired) electrons. The molecule has 0 aliphatic rings. The molecule has 0 unspecified atom stereocenters. The molecular weight excluding hydrogens is 417 g/mol. The maximum Gasteiger partial charge on any atom is 0.291 e. The fraction of sp³-hybridized carbons (Fsp3) is 0.182. The second-order valence-electron chi connectivity index (χ2n) is 6.96. The van der Waals surface area contributed by atoms with Crippen LogP contribution in [0.2, 0.25) is 0 Å². The van der Waals surface area contributed by atoms with Crippen molar-refractivity contribution in [3.05, 3.63) is 82.5 Å². The summed E-state index contributed by atoms with van der Waals surface area (Å²) in [6.45, 7) is 3.67. The normalized spacial score (nSPS) is 12.0. The van der Waals surface area contributed by atoms with E-state index in [0.29, 0.717) is 22.9 Å². The van der Waals surface area contributed by atoms with Gasteiger partial charge in [-0.3, -0.25) is 9.78 Å². The molecule has 0 spiro atoms. The molecule has 3 aromatic heterocycles. The van der Waals surface area contributed by atoms with E-state index in [9.17, 15) is 14.3 Å². The summed E-state index contributed by atoms with van der Waals surface area (Å²) in [6.07, 6.45) is -0.609. The lowest BCUT2D eigenvalue weighted by Gasteiger charge is -2.10. The van der Waals surface area contributed by atoms with Crippen molar-refractivity contribution in [1.82, 2.24) is 25.1 Å². The van der Waals surface area contributed by atoms with Gasteiger partial charge < -0.3 is 10.4 Å². The molecule has 3 heterocycles. The van der Waals surface area contributed by atoms with Crippen LogP contribution in [0.15, 0.2) is 53.9 Å². The number of carbonyl (C=O) groups is 1. The Labute approximate surface area is 182 Å². The van der Waals surface area contributed by atoms with E-state index in [1.54, 1.807) is 31.2 Å². The molecule has 0 fully saturated rings. The van der Waals surface area contributed by atoms with Gasteiger partial charge in [0.05, 0.1) is 28.9 Å². The molecule has 0 saturated carbocycles. The Morgan fingerprint density at radius 1 is 1.23 bits per heavy atom. The SMILES string of the molecule is Cc1nc(CNC(=O)c2nc(-c3cccs3)n(-c3cccc(F)c3)n2)ccc1[C@@H](C)O. The topological polar surface area (TPSA) is 92.9 Å².